The molecule has 1 rings (SSSR count). The minimum Gasteiger partial charge on any atom is -0.326 e. The minimum absolute atomic E-state index is 0.190. The van der Waals surface area contributed by atoms with Crippen LogP contribution in [0.4, 0.5) is 23.2 Å². The highest BCUT2D eigenvalue weighted by molar-refractivity contribution is 5.47. The van der Waals surface area contributed by atoms with Gasteiger partial charge < -0.3 is 5.73 Å². The Labute approximate surface area is 86.8 Å². The molecule has 8 heteroatoms. The van der Waals surface area contributed by atoms with Gasteiger partial charge >= 0.3 is 6.18 Å². The van der Waals surface area contributed by atoms with E-state index in [1.54, 1.807) is 0 Å². The Morgan fingerprint density at radius 1 is 1.38 bits per heavy atom. The van der Waals surface area contributed by atoms with Gasteiger partial charge in [-0.1, -0.05) is 0 Å². The summed E-state index contributed by atoms with van der Waals surface area (Å²) in [7, 11) is 0. The third-order valence-corrected chi connectivity index (χ3v) is 1.90. The molecule has 0 bridgehead atoms. The molecule has 0 saturated carbocycles. The number of nitro groups is 1. The summed E-state index contributed by atoms with van der Waals surface area (Å²) in [5.41, 5.74) is 1.91. The van der Waals surface area contributed by atoms with Crippen molar-refractivity contribution in [3.63, 3.8) is 0 Å². The fourth-order valence-corrected chi connectivity index (χ4v) is 1.25. The summed E-state index contributed by atoms with van der Waals surface area (Å²) in [6, 6.07) is 0.604. The number of hydrogen-bond acceptors (Lipinski definition) is 3. The van der Waals surface area contributed by atoms with Crippen LogP contribution in [0.1, 0.15) is 11.1 Å². The molecule has 0 saturated heterocycles. The van der Waals surface area contributed by atoms with Gasteiger partial charge in [0.15, 0.2) is 0 Å². The van der Waals surface area contributed by atoms with E-state index in [0.29, 0.717) is 6.07 Å². The molecule has 0 fully saturated rings. The largest absolute Gasteiger partial charge is 0.417 e. The van der Waals surface area contributed by atoms with Crippen LogP contribution in [0.25, 0.3) is 0 Å². The zero-order valence-electron chi connectivity index (χ0n) is 7.71. The monoisotopic (exact) mass is 238 g/mol. The first-order valence-electron chi connectivity index (χ1n) is 4.01. The zero-order chi connectivity index (χ0) is 12.5. The molecular formula is C8H6F4N2O2. The first kappa shape index (κ1) is 12.4. The van der Waals surface area contributed by atoms with Crippen molar-refractivity contribution in [1.29, 1.82) is 0 Å². The topological polar surface area (TPSA) is 69.2 Å². The average molecular weight is 238 g/mol. The van der Waals surface area contributed by atoms with Crippen LogP contribution in [0.5, 0.6) is 0 Å². The van der Waals surface area contributed by atoms with E-state index in [0.717, 1.165) is 0 Å². The summed E-state index contributed by atoms with van der Waals surface area (Å²) in [6.07, 6.45) is -4.87. The maximum atomic E-state index is 12.8. The van der Waals surface area contributed by atoms with Gasteiger partial charge in [-0.3, -0.25) is 10.1 Å². The number of nitro benzene ring substituents is 1. The van der Waals surface area contributed by atoms with Crippen molar-refractivity contribution >= 4 is 5.69 Å². The van der Waals surface area contributed by atoms with E-state index < -0.39 is 40.3 Å². The molecule has 0 spiro atoms. The maximum Gasteiger partial charge on any atom is 0.417 e. The van der Waals surface area contributed by atoms with E-state index in [2.05, 4.69) is 0 Å². The van der Waals surface area contributed by atoms with Crippen molar-refractivity contribution in [2.45, 2.75) is 12.7 Å². The first-order chi connectivity index (χ1) is 7.27. The summed E-state index contributed by atoms with van der Waals surface area (Å²) in [4.78, 5) is 9.33. The molecule has 2 N–H and O–H groups in total. The van der Waals surface area contributed by atoms with Gasteiger partial charge in [-0.25, -0.2) is 4.39 Å². The minimum atomic E-state index is -4.87. The van der Waals surface area contributed by atoms with Crippen molar-refractivity contribution in [3.05, 3.63) is 39.2 Å². The van der Waals surface area contributed by atoms with Gasteiger partial charge in [-0.05, 0) is 6.07 Å². The van der Waals surface area contributed by atoms with E-state index in [9.17, 15) is 27.7 Å². The van der Waals surface area contributed by atoms with E-state index in [1.165, 1.54) is 0 Å². The summed E-state index contributed by atoms with van der Waals surface area (Å²) >= 11 is 0. The van der Waals surface area contributed by atoms with Gasteiger partial charge in [0.2, 0.25) is 0 Å². The Bertz CT molecular complexity index is 431. The number of hydrogen-bond donors (Lipinski definition) is 1. The summed E-state index contributed by atoms with van der Waals surface area (Å²) in [6.45, 7) is -0.689. The van der Waals surface area contributed by atoms with Crippen molar-refractivity contribution in [2.75, 3.05) is 0 Å². The number of nitrogens with two attached hydrogens (primary N) is 1. The normalized spacial score (nSPS) is 11.6. The molecular weight excluding hydrogens is 232 g/mol. The molecule has 1 aromatic rings. The molecule has 4 nitrogen and oxygen atoms in total. The zero-order valence-corrected chi connectivity index (χ0v) is 7.71. The fraction of sp³-hybridized carbons (Fsp3) is 0.250. The molecule has 0 aromatic heterocycles. The number of rotatable bonds is 2. The summed E-state index contributed by atoms with van der Waals surface area (Å²) in [5.74, 6) is -1.32. The first-order valence-corrected chi connectivity index (χ1v) is 4.01. The SMILES string of the molecule is NCc1c([N+](=O)[O-])cc(F)cc1C(F)(F)F. The average Bonchev–Trinajstić information content (AvgIpc) is 2.14. The Morgan fingerprint density at radius 3 is 2.31 bits per heavy atom. The molecule has 0 aliphatic heterocycles. The molecule has 16 heavy (non-hydrogen) atoms. The van der Waals surface area contributed by atoms with E-state index >= 15 is 0 Å². The second-order valence-corrected chi connectivity index (χ2v) is 2.91. The van der Waals surface area contributed by atoms with Crippen molar-refractivity contribution < 1.29 is 22.5 Å². The molecule has 0 atom stereocenters. The van der Waals surface area contributed by atoms with Crippen molar-refractivity contribution in [3.8, 4) is 0 Å². The smallest absolute Gasteiger partial charge is 0.326 e. The lowest BCUT2D eigenvalue weighted by molar-refractivity contribution is -0.386. The lowest BCUT2D eigenvalue weighted by Crippen LogP contribution is -2.14. The number of nitrogens with zero attached hydrogens (tertiary/aromatic N) is 1. The second-order valence-electron chi connectivity index (χ2n) is 2.91. The highest BCUT2D eigenvalue weighted by atomic mass is 19.4. The molecule has 0 aliphatic rings. The molecule has 0 amide bonds. The lowest BCUT2D eigenvalue weighted by Gasteiger charge is -2.11. The van der Waals surface area contributed by atoms with Crippen LogP contribution in [0.2, 0.25) is 0 Å². The van der Waals surface area contributed by atoms with Crippen LogP contribution in [0.3, 0.4) is 0 Å². The van der Waals surface area contributed by atoms with Gasteiger partial charge in [0, 0.05) is 6.54 Å². The number of benzene rings is 1. The number of halogens is 4. The Kier molecular flexibility index (Phi) is 3.13. The third-order valence-electron chi connectivity index (χ3n) is 1.90. The maximum absolute atomic E-state index is 12.8. The number of alkyl halides is 3. The summed E-state index contributed by atoms with van der Waals surface area (Å²) in [5, 5.41) is 10.4. The molecule has 0 aliphatic carbocycles. The quantitative estimate of drug-likeness (QED) is 0.487. The van der Waals surface area contributed by atoms with Crippen LogP contribution in [0.15, 0.2) is 12.1 Å². The Morgan fingerprint density at radius 2 is 1.94 bits per heavy atom. The van der Waals surface area contributed by atoms with Gasteiger partial charge in [-0.2, -0.15) is 13.2 Å². The predicted molar refractivity (Wildman–Crippen MR) is 45.9 cm³/mol. The fourth-order valence-electron chi connectivity index (χ4n) is 1.25. The van der Waals surface area contributed by atoms with Gasteiger partial charge in [-0.15, -0.1) is 0 Å². The van der Waals surface area contributed by atoms with Crippen LogP contribution in [-0.2, 0) is 12.7 Å². The van der Waals surface area contributed by atoms with Crippen molar-refractivity contribution in [1.82, 2.24) is 0 Å². The van der Waals surface area contributed by atoms with Crippen LogP contribution >= 0.6 is 0 Å². The standard InChI is InChI=1S/C8H6F4N2O2/c9-4-1-6(8(10,11)12)5(3-13)7(2-4)14(15)16/h1-2H,3,13H2. The molecule has 88 valence electrons. The Hall–Kier alpha value is -1.70. The lowest BCUT2D eigenvalue weighted by atomic mass is 10.0. The second kappa shape index (κ2) is 4.05. The van der Waals surface area contributed by atoms with Gasteiger partial charge in [0.25, 0.3) is 5.69 Å². The van der Waals surface area contributed by atoms with E-state index in [-0.39, 0.29) is 6.07 Å². The van der Waals surface area contributed by atoms with Gasteiger partial charge in [0.05, 0.1) is 22.1 Å². The molecule has 1 aromatic carbocycles. The van der Waals surface area contributed by atoms with Crippen LogP contribution in [0, 0.1) is 15.9 Å². The highest BCUT2D eigenvalue weighted by Crippen LogP contribution is 2.36. The summed E-state index contributed by atoms with van der Waals surface area (Å²) < 4.78 is 50.0. The Balaban J connectivity index is 3.55. The van der Waals surface area contributed by atoms with E-state index in [4.69, 9.17) is 5.73 Å². The highest BCUT2D eigenvalue weighted by Gasteiger charge is 2.37. The van der Waals surface area contributed by atoms with Gasteiger partial charge in [0.1, 0.15) is 5.82 Å². The van der Waals surface area contributed by atoms with Crippen LogP contribution < -0.4 is 5.73 Å². The van der Waals surface area contributed by atoms with Crippen LogP contribution in [-0.4, -0.2) is 4.92 Å². The third kappa shape index (κ3) is 2.27. The molecule has 0 heterocycles. The molecule has 0 radical (unpaired) electrons. The predicted octanol–water partition coefficient (Wildman–Crippen LogP) is 2.21. The van der Waals surface area contributed by atoms with E-state index in [1.807, 2.05) is 0 Å². The molecule has 0 unspecified atom stereocenters. The van der Waals surface area contributed by atoms with Crippen molar-refractivity contribution in [2.24, 2.45) is 5.73 Å².